The second kappa shape index (κ2) is 10.5. The molecule has 0 unspecified atom stereocenters. The van der Waals surface area contributed by atoms with Crippen molar-refractivity contribution in [3.63, 3.8) is 0 Å². The van der Waals surface area contributed by atoms with Crippen LogP contribution in [0.1, 0.15) is 46.7 Å². The van der Waals surface area contributed by atoms with Crippen LogP contribution < -0.4 is 5.32 Å². The lowest BCUT2D eigenvalue weighted by molar-refractivity contribution is -0.121. The number of nitrogens with zero attached hydrogens (tertiary/aromatic N) is 3. The number of thioether (sulfide) groups is 1. The van der Waals surface area contributed by atoms with Crippen molar-refractivity contribution in [3.8, 4) is 0 Å². The fraction of sp³-hybridized carbons (Fsp3) is 0.241. The maximum atomic E-state index is 12.8. The summed E-state index contributed by atoms with van der Waals surface area (Å²) in [6.45, 7) is 6.07. The van der Waals surface area contributed by atoms with Gasteiger partial charge in [0, 0.05) is 23.6 Å². The minimum Gasteiger partial charge on any atom is -0.326 e. The molecule has 0 bridgehead atoms. The van der Waals surface area contributed by atoms with E-state index in [0.717, 1.165) is 33.7 Å². The molecule has 0 aliphatic carbocycles. The van der Waals surface area contributed by atoms with E-state index in [1.165, 1.54) is 17.3 Å². The standard InChI is InChI=1S/C29H27ClN4O2S/c1-17-8-11-20(12-9-17)24-15-25(22-6-4-5-7-23(22)30)34(33-24)29-32-28(36)26(37-29)16-27(35)31-21-13-10-18(2)19(3)14-21/h4-14,25-26H,15-16H2,1-3H3,(H,31,35)/t25-,26-/m0/s1. The molecule has 8 heteroatoms. The number of hydrogen-bond acceptors (Lipinski definition) is 5. The van der Waals surface area contributed by atoms with E-state index < -0.39 is 5.25 Å². The quantitative estimate of drug-likeness (QED) is 0.411. The van der Waals surface area contributed by atoms with E-state index in [2.05, 4.69) is 34.6 Å². The molecule has 0 aromatic heterocycles. The number of carbonyl (C=O) groups is 2. The van der Waals surface area contributed by atoms with E-state index in [0.29, 0.717) is 16.6 Å². The van der Waals surface area contributed by atoms with Gasteiger partial charge < -0.3 is 5.32 Å². The second-order valence-electron chi connectivity index (χ2n) is 9.39. The number of benzene rings is 3. The largest absolute Gasteiger partial charge is 0.326 e. The molecule has 37 heavy (non-hydrogen) atoms. The summed E-state index contributed by atoms with van der Waals surface area (Å²) >= 11 is 7.85. The van der Waals surface area contributed by atoms with E-state index in [9.17, 15) is 9.59 Å². The Balaban J connectivity index is 1.35. The molecule has 0 fully saturated rings. The molecule has 0 spiro atoms. The molecule has 0 saturated carbocycles. The predicted octanol–water partition coefficient (Wildman–Crippen LogP) is 6.44. The summed E-state index contributed by atoms with van der Waals surface area (Å²) in [5.41, 5.74) is 6.97. The van der Waals surface area contributed by atoms with Gasteiger partial charge in [0.25, 0.3) is 5.91 Å². The van der Waals surface area contributed by atoms with E-state index >= 15 is 0 Å². The van der Waals surface area contributed by atoms with Crippen LogP contribution in [0.25, 0.3) is 0 Å². The van der Waals surface area contributed by atoms with Gasteiger partial charge in [-0.3, -0.25) is 9.59 Å². The third-order valence-electron chi connectivity index (χ3n) is 6.65. The Bertz CT molecular complexity index is 1430. The highest BCUT2D eigenvalue weighted by molar-refractivity contribution is 8.15. The zero-order chi connectivity index (χ0) is 26.1. The third kappa shape index (κ3) is 5.48. The van der Waals surface area contributed by atoms with Crippen LogP contribution in [0.4, 0.5) is 5.69 Å². The smallest absolute Gasteiger partial charge is 0.262 e. The molecule has 2 amide bonds. The number of carbonyl (C=O) groups excluding carboxylic acids is 2. The molecule has 2 atom stereocenters. The van der Waals surface area contributed by atoms with E-state index in [4.69, 9.17) is 16.7 Å². The number of amides is 2. The van der Waals surface area contributed by atoms with Gasteiger partial charge in [-0.15, -0.1) is 0 Å². The molecule has 5 rings (SSSR count). The van der Waals surface area contributed by atoms with Crippen molar-refractivity contribution in [2.45, 2.75) is 44.9 Å². The van der Waals surface area contributed by atoms with Crippen LogP contribution in [0.15, 0.2) is 76.8 Å². The topological polar surface area (TPSA) is 74.1 Å². The summed E-state index contributed by atoms with van der Waals surface area (Å²) in [5.74, 6) is -0.550. The van der Waals surface area contributed by atoms with E-state index in [-0.39, 0.29) is 24.3 Å². The predicted molar refractivity (Wildman–Crippen MR) is 151 cm³/mol. The van der Waals surface area contributed by atoms with Crippen molar-refractivity contribution < 1.29 is 9.59 Å². The fourth-order valence-corrected chi connectivity index (χ4v) is 5.72. The van der Waals surface area contributed by atoms with Gasteiger partial charge in [0.1, 0.15) is 5.25 Å². The van der Waals surface area contributed by atoms with Crippen molar-refractivity contribution in [2.24, 2.45) is 10.1 Å². The molecule has 2 aliphatic heterocycles. The molecule has 2 aliphatic rings. The molecule has 2 heterocycles. The molecular formula is C29H27ClN4O2S. The number of aliphatic imine (C=N–C) groups is 1. The van der Waals surface area contributed by atoms with Gasteiger partial charge in [-0.2, -0.15) is 10.1 Å². The van der Waals surface area contributed by atoms with E-state index in [1.54, 1.807) is 5.01 Å². The Kier molecular flexibility index (Phi) is 7.17. The first kappa shape index (κ1) is 25.2. The summed E-state index contributed by atoms with van der Waals surface area (Å²) in [7, 11) is 0. The summed E-state index contributed by atoms with van der Waals surface area (Å²) in [5, 5.41) is 10.1. The monoisotopic (exact) mass is 530 g/mol. The Hall–Kier alpha value is -3.42. The molecule has 0 saturated heterocycles. The maximum Gasteiger partial charge on any atom is 0.262 e. The summed E-state index contributed by atoms with van der Waals surface area (Å²) in [6, 6.07) is 21.4. The first-order valence-electron chi connectivity index (χ1n) is 12.1. The van der Waals surface area contributed by atoms with Gasteiger partial charge in [-0.1, -0.05) is 77.5 Å². The SMILES string of the molecule is Cc1ccc(C2=NN(C3=NC(=O)[C@H](CC(=O)Nc4ccc(C)c(C)c4)S3)[C@H](c3ccccc3Cl)C2)cc1. The van der Waals surface area contributed by atoms with Gasteiger partial charge in [0.15, 0.2) is 5.17 Å². The zero-order valence-electron chi connectivity index (χ0n) is 20.9. The number of anilines is 1. The van der Waals surface area contributed by atoms with Gasteiger partial charge >= 0.3 is 0 Å². The first-order valence-corrected chi connectivity index (χ1v) is 13.4. The number of nitrogens with one attached hydrogen (secondary N) is 1. The van der Waals surface area contributed by atoms with Crippen LogP contribution in [-0.4, -0.2) is 33.0 Å². The lowest BCUT2D eigenvalue weighted by Crippen LogP contribution is -2.25. The van der Waals surface area contributed by atoms with Crippen LogP contribution in [0.5, 0.6) is 0 Å². The molecular weight excluding hydrogens is 504 g/mol. The molecule has 6 nitrogen and oxygen atoms in total. The molecule has 188 valence electrons. The lowest BCUT2D eigenvalue weighted by Gasteiger charge is -2.23. The number of halogens is 1. The van der Waals surface area contributed by atoms with Crippen LogP contribution in [0.2, 0.25) is 5.02 Å². The number of aryl methyl sites for hydroxylation is 3. The first-order chi connectivity index (χ1) is 17.8. The van der Waals surface area contributed by atoms with Crippen LogP contribution in [0.3, 0.4) is 0 Å². The third-order valence-corrected chi connectivity index (χ3v) is 8.13. The average molecular weight is 531 g/mol. The van der Waals surface area contributed by atoms with E-state index in [1.807, 2.05) is 63.2 Å². The summed E-state index contributed by atoms with van der Waals surface area (Å²) < 4.78 is 0. The number of hydrazone groups is 1. The van der Waals surface area contributed by atoms with Crippen molar-refractivity contribution in [3.05, 3.63) is 99.6 Å². The Morgan fingerprint density at radius 1 is 1.05 bits per heavy atom. The zero-order valence-corrected chi connectivity index (χ0v) is 22.4. The highest BCUT2D eigenvalue weighted by Gasteiger charge is 2.39. The Labute approximate surface area is 225 Å². The van der Waals surface area contributed by atoms with Gasteiger partial charge in [0.05, 0.1) is 11.8 Å². The average Bonchev–Trinajstić information content (AvgIpc) is 3.46. The fourth-order valence-electron chi connectivity index (χ4n) is 4.40. The van der Waals surface area contributed by atoms with Crippen molar-refractivity contribution >= 4 is 51.7 Å². The highest BCUT2D eigenvalue weighted by Crippen LogP contribution is 2.40. The Morgan fingerprint density at radius 2 is 1.81 bits per heavy atom. The minimum atomic E-state index is -0.605. The highest BCUT2D eigenvalue weighted by atomic mass is 35.5. The molecule has 3 aromatic rings. The number of rotatable bonds is 5. The van der Waals surface area contributed by atoms with Crippen LogP contribution in [-0.2, 0) is 9.59 Å². The summed E-state index contributed by atoms with van der Waals surface area (Å²) in [6.07, 6.45) is 0.654. The van der Waals surface area contributed by atoms with Gasteiger partial charge in [-0.05, 0) is 61.2 Å². The maximum absolute atomic E-state index is 12.8. The number of amidine groups is 1. The Morgan fingerprint density at radius 3 is 2.54 bits per heavy atom. The van der Waals surface area contributed by atoms with Crippen LogP contribution >= 0.6 is 23.4 Å². The van der Waals surface area contributed by atoms with Gasteiger partial charge in [0.2, 0.25) is 5.91 Å². The normalized spacial score (nSPS) is 19.1. The van der Waals surface area contributed by atoms with Crippen molar-refractivity contribution in [1.29, 1.82) is 0 Å². The molecule has 0 radical (unpaired) electrons. The number of hydrogen-bond donors (Lipinski definition) is 1. The van der Waals surface area contributed by atoms with Crippen molar-refractivity contribution in [2.75, 3.05) is 5.32 Å². The summed E-state index contributed by atoms with van der Waals surface area (Å²) in [4.78, 5) is 29.9. The van der Waals surface area contributed by atoms with Gasteiger partial charge in [-0.25, -0.2) is 5.01 Å². The lowest BCUT2D eigenvalue weighted by atomic mass is 9.98. The van der Waals surface area contributed by atoms with Crippen LogP contribution in [0, 0.1) is 20.8 Å². The molecule has 3 aromatic carbocycles. The van der Waals surface area contributed by atoms with Crippen molar-refractivity contribution in [1.82, 2.24) is 5.01 Å². The minimum absolute atomic E-state index is 0.0303. The second-order valence-corrected chi connectivity index (χ2v) is 11.0. The molecule has 1 N–H and O–H groups in total.